The third-order valence-corrected chi connectivity index (χ3v) is 6.15. The van der Waals surface area contributed by atoms with Crippen LogP contribution in [0.2, 0.25) is 0 Å². The number of para-hydroxylation sites is 1. The predicted octanol–water partition coefficient (Wildman–Crippen LogP) is 3.25. The second-order valence-electron chi connectivity index (χ2n) is 8.38. The topological polar surface area (TPSA) is 75.0 Å². The first-order valence-corrected chi connectivity index (χ1v) is 10.8. The van der Waals surface area contributed by atoms with Crippen molar-refractivity contribution < 1.29 is 14.6 Å². The predicted molar refractivity (Wildman–Crippen MR) is 121 cm³/mol. The van der Waals surface area contributed by atoms with Crippen LogP contribution < -0.4 is 15.2 Å². The molecule has 0 saturated heterocycles. The molecule has 5 rings (SSSR count). The van der Waals surface area contributed by atoms with Gasteiger partial charge in [-0.1, -0.05) is 48.5 Å². The Balaban J connectivity index is 1.84. The number of aromatic hydroxyl groups is 1. The number of hydrogen-bond donors (Lipinski definition) is 1. The van der Waals surface area contributed by atoms with Gasteiger partial charge in [0, 0.05) is 30.3 Å². The van der Waals surface area contributed by atoms with E-state index in [9.17, 15) is 14.7 Å². The van der Waals surface area contributed by atoms with E-state index >= 15 is 0 Å². The Hall–Kier alpha value is -3.74. The summed E-state index contributed by atoms with van der Waals surface area (Å²) in [6.07, 6.45) is 1.81. The molecule has 7 heteroatoms. The minimum Gasteiger partial charge on any atom is -0.502 e. The van der Waals surface area contributed by atoms with E-state index in [1.807, 2.05) is 68.4 Å². The van der Waals surface area contributed by atoms with Crippen LogP contribution in [0.25, 0.3) is 0 Å². The Kier molecular flexibility index (Phi) is 4.89. The molecule has 0 spiro atoms. The summed E-state index contributed by atoms with van der Waals surface area (Å²) < 4.78 is 7.81. The van der Waals surface area contributed by atoms with Crippen molar-refractivity contribution in [3.63, 3.8) is 0 Å². The van der Waals surface area contributed by atoms with Crippen molar-refractivity contribution in [2.45, 2.75) is 38.5 Å². The fraction of sp³-hybridized carbons (Fsp3) is 0.280. The van der Waals surface area contributed by atoms with Crippen LogP contribution in [0.15, 0.2) is 71.7 Å². The van der Waals surface area contributed by atoms with E-state index in [4.69, 9.17) is 4.74 Å². The molecule has 0 radical (unpaired) electrons. The van der Waals surface area contributed by atoms with Gasteiger partial charge in [-0.2, -0.15) is 0 Å². The van der Waals surface area contributed by atoms with Crippen molar-refractivity contribution in [3.05, 3.63) is 93.9 Å². The van der Waals surface area contributed by atoms with Crippen LogP contribution in [0, 0.1) is 0 Å². The second-order valence-corrected chi connectivity index (χ2v) is 8.38. The van der Waals surface area contributed by atoms with E-state index in [-0.39, 0.29) is 29.9 Å². The number of carbonyl (C=O) groups is 1. The lowest BCUT2D eigenvalue weighted by atomic mass is 9.95. The van der Waals surface area contributed by atoms with Gasteiger partial charge in [-0.25, -0.2) is 0 Å². The van der Waals surface area contributed by atoms with Gasteiger partial charge in [0.2, 0.25) is 5.43 Å². The molecule has 2 unspecified atom stereocenters. The molecule has 0 fully saturated rings. The normalized spacial score (nSPS) is 20.0. The van der Waals surface area contributed by atoms with Gasteiger partial charge in [-0.3, -0.25) is 19.3 Å². The summed E-state index contributed by atoms with van der Waals surface area (Å²) in [7, 11) is 0. The van der Waals surface area contributed by atoms with Crippen LogP contribution in [-0.4, -0.2) is 39.4 Å². The van der Waals surface area contributed by atoms with Crippen LogP contribution >= 0.6 is 0 Å². The zero-order valence-electron chi connectivity index (χ0n) is 18.0. The van der Waals surface area contributed by atoms with E-state index in [2.05, 4.69) is 5.01 Å². The van der Waals surface area contributed by atoms with Gasteiger partial charge in [-0.15, -0.1) is 0 Å². The third-order valence-electron chi connectivity index (χ3n) is 6.15. The molecule has 1 amide bonds. The maximum atomic E-state index is 13.5. The molecule has 7 nitrogen and oxygen atoms in total. The van der Waals surface area contributed by atoms with Crippen LogP contribution in [0.3, 0.4) is 0 Å². The molecule has 2 aliphatic rings. The fourth-order valence-corrected chi connectivity index (χ4v) is 4.81. The summed E-state index contributed by atoms with van der Waals surface area (Å²) in [4.78, 5) is 27.5. The molecule has 2 aliphatic heterocycles. The largest absolute Gasteiger partial charge is 0.502 e. The number of rotatable bonds is 2. The van der Waals surface area contributed by atoms with Crippen LogP contribution in [0.4, 0.5) is 0 Å². The summed E-state index contributed by atoms with van der Waals surface area (Å²) >= 11 is 0. The molecule has 1 N–H and O–H groups in total. The van der Waals surface area contributed by atoms with Gasteiger partial charge < -0.3 is 14.7 Å². The lowest BCUT2D eigenvalue weighted by Crippen LogP contribution is -2.64. The third kappa shape index (κ3) is 3.04. The number of fused-ring (bicyclic) bond motifs is 4. The number of nitrogens with zero attached hydrogens (tertiary/aromatic N) is 3. The summed E-state index contributed by atoms with van der Waals surface area (Å²) in [5, 5.41) is 12.7. The molecule has 3 heterocycles. The lowest BCUT2D eigenvalue weighted by molar-refractivity contribution is 0.0408. The average Bonchev–Trinajstić information content (AvgIpc) is 2.78. The summed E-state index contributed by atoms with van der Waals surface area (Å²) in [5.41, 5.74) is 1.38. The molecule has 2 atom stereocenters. The van der Waals surface area contributed by atoms with Crippen LogP contribution in [0.5, 0.6) is 11.5 Å². The minimum absolute atomic E-state index is 0.0117. The number of carbonyl (C=O) groups excluding carboxylic acids is 1. The standard InChI is InChI=1S/C25H25N3O4/c1-16(2)27-21-13-15-32-20-11-7-6-10-18(20)22(17-8-4-3-5-9-17)28(21)26-14-12-19(29)24(30)23(26)25(27)31/h3-12,14,16,21-22,30H,13,15H2,1-2H3. The van der Waals surface area contributed by atoms with Crippen molar-refractivity contribution in [3.8, 4) is 11.5 Å². The number of benzene rings is 2. The summed E-state index contributed by atoms with van der Waals surface area (Å²) in [6, 6.07) is 18.7. The fourth-order valence-electron chi connectivity index (χ4n) is 4.81. The number of pyridine rings is 1. The minimum atomic E-state index is -0.571. The zero-order chi connectivity index (χ0) is 22.4. The monoisotopic (exact) mass is 431 g/mol. The highest BCUT2D eigenvalue weighted by molar-refractivity contribution is 5.96. The molecule has 0 aliphatic carbocycles. The maximum absolute atomic E-state index is 13.5. The molecule has 32 heavy (non-hydrogen) atoms. The van der Waals surface area contributed by atoms with Gasteiger partial charge >= 0.3 is 0 Å². The molecule has 2 aromatic carbocycles. The number of amides is 1. The van der Waals surface area contributed by atoms with Crippen molar-refractivity contribution in [2.24, 2.45) is 0 Å². The first-order valence-electron chi connectivity index (χ1n) is 10.8. The Bertz CT molecular complexity index is 1220. The molecular weight excluding hydrogens is 406 g/mol. The van der Waals surface area contributed by atoms with Crippen molar-refractivity contribution in [2.75, 3.05) is 11.6 Å². The van der Waals surface area contributed by atoms with Gasteiger partial charge in [0.25, 0.3) is 5.91 Å². The highest BCUT2D eigenvalue weighted by Gasteiger charge is 2.45. The van der Waals surface area contributed by atoms with E-state index in [0.29, 0.717) is 13.0 Å². The van der Waals surface area contributed by atoms with E-state index in [0.717, 1.165) is 16.9 Å². The smallest absolute Gasteiger partial charge is 0.278 e. The summed E-state index contributed by atoms with van der Waals surface area (Å²) in [6.45, 7) is 4.31. The quantitative estimate of drug-likeness (QED) is 0.674. The number of ether oxygens (including phenoxy) is 1. The Labute approximate surface area is 186 Å². The van der Waals surface area contributed by atoms with Crippen LogP contribution in [0.1, 0.15) is 47.9 Å². The highest BCUT2D eigenvalue weighted by atomic mass is 16.5. The lowest BCUT2D eigenvalue weighted by Gasteiger charge is -2.52. The molecule has 3 aromatic rings. The van der Waals surface area contributed by atoms with E-state index in [1.54, 1.807) is 15.8 Å². The van der Waals surface area contributed by atoms with Crippen molar-refractivity contribution in [1.82, 2.24) is 9.58 Å². The van der Waals surface area contributed by atoms with Crippen molar-refractivity contribution >= 4 is 5.91 Å². The zero-order valence-corrected chi connectivity index (χ0v) is 18.0. The van der Waals surface area contributed by atoms with Crippen molar-refractivity contribution in [1.29, 1.82) is 0 Å². The average molecular weight is 431 g/mol. The number of aromatic nitrogens is 1. The molecule has 1 aromatic heterocycles. The second kappa shape index (κ2) is 7.75. The van der Waals surface area contributed by atoms with Gasteiger partial charge in [0.05, 0.1) is 6.61 Å². The Morgan fingerprint density at radius 3 is 2.47 bits per heavy atom. The highest BCUT2D eigenvalue weighted by Crippen LogP contribution is 2.40. The van der Waals surface area contributed by atoms with Gasteiger partial charge in [0.1, 0.15) is 18.0 Å². The Morgan fingerprint density at radius 1 is 1.00 bits per heavy atom. The molecule has 164 valence electrons. The van der Waals surface area contributed by atoms with Gasteiger partial charge in [0.15, 0.2) is 11.4 Å². The SMILES string of the molecule is CC(C)N1C(=O)c2c(O)c(=O)ccn2N2C(c3ccccc3)c3ccccc3OCCC12. The maximum Gasteiger partial charge on any atom is 0.278 e. The number of hydrogen-bond acceptors (Lipinski definition) is 5. The first-order chi connectivity index (χ1) is 15.5. The van der Waals surface area contributed by atoms with E-state index in [1.165, 1.54) is 6.07 Å². The van der Waals surface area contributed by atoms with E-state index < -0.39 is 11.2 Å². The summed E-state index contributed by atoms with van der Waals surface area (Å²) in [5.74, 6) is -0.114. The van der Waals surface area contributed by atoms with Gasteiger partial charge in [-0.05, 0) is 25.5 Å². The molecular formula is C25H25N3O4. The van der Waals surface area contributed by atoms with Crippen LogP contribution in [-0.2, 0) is 0 Å². The first kappa shape index (κ1) is 20.2. The molecule has 0 saturated carbocycles. The Morgan fingerprint density at radius 2 is 1.72 bits per heavy atom. The molecule has 0 bridgehead atoms.